The van der Waals surface area contributed by atoms with Crippen molar-refractivity contribution in [2.24, 2.45) is 11.7 Å². The van der Waals surface area contributed by atoms with E-state index in [0.29, 0.717) is 23.8 Å². The molecule has 1 aliphatic rings. The summed E-state index contributed by atoms with van der Waals surface area (Å²) in [5.41, 5.74) is 6.92. The van der Waals surface area contributed by atoms with E-state index in [1.54, 1.807) is 6.07 Å². The average molecular weight is 300 g/mol. The minimum atomic E-state index is -0.180. The van der Waals surface area contributed by atoms with Crippen LogP contribution in [0.1, 0.15) is 34.5 Å². The zero-order valence-corrected chi connectivity index (χ0v) is 12.4. The van der Waals surface area contributed by atoms with Crippen LogP contribution in [-0.2, 0) is 13.1 Å². The monoisotopic (exact) mass is 300 g/mol. The SMILES string of the molecule is NCc1cc(C(=O)NCc2ccccc2OCC2CC2)co1. The smallest absolute Gasteiger partial charge is 0.254 e. The predicted octanol–water partition coefficient (Wildman–Crippen LogP) is 2.46. The summed E-state index contributed by atoms with van der Waals surface area (Å²) in [6, 6.07) is 9.44. The Kier molecular flexibility index (Phi) is 4.44. The molecular formula is C17H20N2O3. The number of nitrogens with two attached hydrogens (primary N) is 1. The van der Waals surface area contributed by atoms with Crippen LogP contribution in [0.3, 0.4) is 0 Å². The Labute approximate surface area is 129 Å². The third-order valence-electron chi connectivity index (χ3n) is 3.70. The number of benzene rings is 1. The molecule has 5 heteroatoms. The largest absolute Gasteiger partial charge is 0.493 e. The second kappa shape index (κ2) is 6.66. The van der Waals surface area contributed by atoms with Crippen molar-refractivity contribution in [2.45, 2.75) is 25.9 Å². The van der Waals surface area contributed by atoms with E-state index in [4.69, 9.17) is 14.9 Å². The lowest BCUT2D eigenvalue weighted by atomic mass is 10.2. The van der Waals surface area contributed by atoms with Crippen molar-refractivity contribution in [3.8, 4) is 5.75 Å². The van der Waals surface area contributed by atoms with Crippen LogP contribution in [0, 0.1) is 5.92 Å². The number of carbonyl (C=O) groups is 1. The number of para-hydroxylation sites is 1. The summed E-state index contributed by atoms with van der Waals surface area (Å²) in [4.78, 5) is 12.1. The molecule has 0 unspecified atom stereocenters. The first-order chi connectivity index (χ1) is 10.8. The molecule has 1 fully saturated rings. The molecule has 0 aliphatic heterocycles. The highest BCUT2D eigenvalue weighted by atomic mass is 16.5. The molecule has 1 amide bonds. The molecule has 3 rings (SSSR count). The summed E-state index contributed by atoms with van der Waals surface area (Å²) < 4.78 is 11.0. The van der Waals surface area contributed by atoms with Crippen LogP contribution in [0.2, 0.25) is 0 Å². The molecule has 5 nitrogen and oxygen atoms in total. The Morgan fingerprint density at radius 2 is 2.18 bits per heavy atom. The lowest BCUT2D eigenvalue weighted by Crippen LogP contribution is -2.22. The van der Waals surface area contributed by atoms with Crippen molar-refractivity contribution in [3.05, 3.63) is 53.5 Å². The van der Waals surface area contributed by atoms with Crippen LogP contribution in [0.4, 0.5) is 0 Å². The number of amides is 1. The molecule has 0 radical (unpaired) electrons. The fourth-order valence-corrected chi connectivity index (χ4v) is 2.17. The van der Waals surface area contributed by atoms with Gasteiger partial charge in [-0.2, -0.15) is 0 Å². The number of furan rings is 1. The number of hydrogen-bond acceptors (Lipinski definition) is 4. The second-order valence-electron chi connectivity index (χ2n) is 5.55. The molecule has 0 saturated heterocycles. The Hall–Kier alpha value is -2.27. The molecule has 2 aromatic rings. The van der Waals surface area contributed by atoms with Crippen molar-refractivity contribution in [2.75, 3.05) is 6.61 Å². The van der Waals surface area contributed by atoms with Gasteiger partial charge in [0, 0.05) is 12.1 Å². The number of nitrogens with one attached hydrogen (secondary N) is 1. The van der Waals surface area contributed by atoms with Gasteiger partial charge < -0.3 is 20.2 Å². The van der Waals surface area contributed by atoms with E-state index in [-0.39, 0.29) is 12.5 Å². The second-order valence-corrected chi connectivity index (χ2v) is 5.55. The first kappa shape index (κ1) is 14.7. The van der Waals surface area contributed by atoms with Gasteiger partial charge in [0.25, 0.3) is 5.91 Å². The maximum absolute atomic E-state index is 12.1. The highest BCUT2D eigenvalue weighted by Crippen LogP contribution is 2.30. The fraction of sp³-hybridized carbons (Fsp3) is 0.353. The Morgan fingerprint density at radius 3 is 2.91 bits per heavy atom. The van der Waals surface area contributed by atoms with Gasteiger partial charge in [0.2, 0.25) is 0 Å². The van der Waals surface area contributed by atoms with Gasteiger partial charge in [0.05, 0.1) is 18.7 Å². The van der Waals surface area contributed by atoms with Crippen molar-refractivity contribution in [3.63, 3.8) is 0 Å². The van der Waals surface area contributed by atoms with E-state index in [1.165, 1.54) is 19.1 Å². The molecular weight excluding hydrogens is 280 g/mol. The predicted molar refractivity (Wildman–Crippen MR) is 82.4 cm³/mol. The van der Waals surface area contributed by atoms with Crippen LogP contribution in [0.25, 0.3) is 0 Å². The van der Waals surface area contributed by atoms with E-state index in [0.717, 1.165) is 17.9 Å². The summed E-state index contributed by atoms with van der Waals surface area (Å²) in [7, 11) is 0. The molecule has 1 aromatic heterocycles. The van der Waals surface area contributed by atoms with Gasteiger partial charge in [-0.3, -0.25) is 4.79 Å². The Bertz CT molecular complexity index is 647. The molecule has 1 aromatic carbocycles. The number of rotatable bonds is 7. The molecule has 0 atom stereocenters. The van der Waals surface area contributed by atoms with E-state index in [2.05, 4.69) is 5.32 Å². The van der Waals surface area contributed by atoms with E-state index >= 15 is 0 Å². The summed E-state index contributed by atoms with van der Waals surface area (Å²) in [6.45, 7) is 1.46. The minimum absolute atomic E-state index is 0.180. The molecule has 1 heterocycles. The molecule has 0 bridgehead atoms. The Morgan fingerprint density at radius 1 is 1.36 bits per heavy atom. The van der Waals surface area contributed by atoms with Gasteiger partial charge in [0.1, 0.15) is 17.8 Å². The topological polar surface area (TPSA) is 77.5 Å². The van der Waals surface area contributed by atoms with Gasteiger partial charge >= 0.3 is 0 Å². The van der Waals surface area contributed by atoms with Crippen molar-refractivity contribution in [1.82, 2.24) is 5.32 Å². The maximum Gasteiger partial charge on any atom is 0.254 e. The summed E-state index contributed by atoms with van der Waals surface area (Å²) >= 11 is 0. The van der Waals surface area contributed by atoms with E-state index < -0.39 is 0 Å². The molecule has 0 spiro atoms. The highest BCUT2D eigenvalue weighted by Gasteiger charge is 2.22. The average Bonchev–Trinajstić information content (AvgIpc) is 3.25. The van der Waals surface area contributed by atoms with Gasteiger partial charge in [-0.25, -0.2) is 0 Å². The molecule has 1 saturated carbocycles. The quantitative estimate of drug-likeness (QED) is 0.823. The lowest BCUT2D eigenvalue weighted by Gasteiger charge is -2.11. The van der Waals surface area contributed by atoms with Crippen LogP contribution >= 0.6 is 0 Å². The van der Waals surface area contributed by atoms with Crippen LogP contribution in [0.5, 0.6) is 5.75 Å². The van der Waals surface area contributed by atoms with Crippen molar-refractivity contribution in [1.29, 1.82) is 0 Å². The third-order valence-corrected chi connectivity index (χ3v) is 3.70. The molecule has 22 heavy (non-hydrogen) atoms. The van der Waals surface area contributed by atoms with Gasteiger partial charge in [-0.15, -0.1) is 0 Å². The zero-order chi connectivity index (χ0) is 15.4. The third kappa shape index (κ3) is 3.68. The fourth-order valence-electron chi connectivity index (χ4n) is 2.17. The first-order valence-electron chi connectivity index (χ1n) is 7.52. The van der Waals surface area contributed by atoms with Gasteiger partial charge in [-0.1, -0.05) is 18.2 Å². The standard InChI is InChI=1S/C17H20N2O3/c18-8-15-7-14(11-21-15)17(20)19-9-13-3-1-2-4-16(13)22-10-12-5-6-12/h1-4,7,11-12H,5-6,8-10,18H2,(H,19,20). The Balaban J connectivity index is 1.59. The number of hydrogen-bond donors (Lipinski definition) is 2. The van der Waals surface area contributed by atoms with Crippen LogP contribution < -0.4 is 15.8 Å². The molecule has 1 aliphatic carbocycles. The summed E-state index contributed by atoms with van der Waals surface area (Å²) in [5.74, 6) is 1.95. The van der Waals surface area contributed by atoms with E-state index in [1.807, 2.05) is 24.3 Å². The van der Waals surface area contributed by atoms with E-state index in [9.17, 15) is 4.79 Å². The molecule has 116 valence electrons. The van der Waals surface area contributed by atoms with Crippen molar-refractivity contribution < 1.29 is 13.9 Å². The van der Waals surface area contributed by atoms with Crippen LogP contribution in [0.15, 0.2) is 41.0 Å². The van der Waals surface area contributed by atoms with Gasteiger partial charge in [0.15, 0.2) is 0 Å². The van der Waals surface area contributed by atoms with Crippen LogP contribution in [-0.4, -0.2) is 12.5 Å². The zero-order valence-electron chi connectivity index (χ0n) is 12.4. The van der Waals surface area contributed by atoms with Gasteiger partial charge in [-0.05, 0) is 30.9 Å². The summed E-state index contributed by atoms with van der Waals surface area (Å²) in [5, 5.41) is 2.88. The van der Waals surface area contributed by atoms with Crippen molar-refractivity contribution >= 4 is 5.91 Å². The summed E-state index contributed by atoms with van der Waals surface area (Å²) in [6.07, 6.45) is 3.93. The maximum atomic E-state index is 12.1. The number of ether oxygens (including phenoxy) is 1. The highest BCUT2D eigenvalue weighted by molar-refractivity contribution is 5.93. The molecule has 3 N–H and O–H groups in total. The lowest BCUT2D eigenvalue weighted by molar-refractivity contribution is 0.0950. The number of carbonyl (C=O) groups excluding carboxylic acids is 1. The minimum Gasteiger partial charge on any atom is -0.493 e. The normalized spacial score (nSPS) is 13.9. The first-order valence-corrected chi connectivity index (χ1v) is 7.52.